The maximum Gasteiger partial charge on any atom is 0.524 e. The summed E-state index contributed by atoms with van der Waals surface area (Å²) in [7, 11) is -4.77. The van der Waals surface area contributed by atoms with Crippen LogP contribution >= 0.6 is 7.82 Å². The highest BCUT2D eigenvalue weighted by atomic mass is 31.2. The Bertz CT molecular complexity index is 582. The van der Waals surface area contributed by atoms with Crippen molar-refractivity contribution in [1.82, 2.24) is 0 Å². The summed E-state index contributed by atoms with van der Waals surface area (Å²) in [5.41, 5.74) is -0.0493. The third kappa shape index (κ3) is 2.34. The fraction of sp³-hybridized carbons (Fsp3) is 0. The number of fused-ring (bicyclic) bond motifs is 1. The van der Waals surface area contributed by atoms with Gasteiger partial charge in [0.2, 0.25) is 0 Å². The van der Waals surface area contributed by atoms with Crippen LogP contribution in [0.4, 0.5) is 0 Å². The molecule has 2 rings (SSSR count). The molecule has 1 aliphatic carbocycles. The van der Waals surface area contributed by atoms with Crippen LogP contribution in [0, 0.1) is 0 Å². The number of hydrogen-bond donors (Lipinski definition) is 2. The van der Waals surface area contributed by atoms with E-state index >= 15 is 0 Å². The Morgan fingerprint density at radius 2 is 1.71 bits per heavy atom. The molecule has 0 atom stereocenters. The van der Waals surface area contributed by atoms with Crippen LogP contribution < -0.4 is 4.52 Å². The average Bonchev–Trinajstić information content (AvgIpc) is 2.21. The van der Waals surface area contributed by atoms with Crippen molar-refractivity contribution in [3.63, 3.8) is 0 Å². The van der Waals surface area contributed by atoms with Gasteiger partial charge in [-0.3, -0.25) is 19.4 Å². The monoisotopic (exact) mass is 254 g/mol. The van der Waals surface area contributed by atoms with E-state index in [2.05, 4.69) is 4.52 Å². The Morgan fingerprint density at radius 3 is 2.35 bits per heavy atom. The summed E-state index contributed by atoms with van der Waals surface area (Å²) >= 11 is 0. The van der Waals surface area contributed by atoms with E-state index in [1.54, 1.807) is 0 Å². The van der Waals surface area contributed by atoms with Crippen LogP contribution in [0.2, 0.25) is 0 Å². The van der Waals surface area contributed by atoms with E-state index in [0.29, 0.717) is 0 Å². The summed E-state index contributed by atoms with van der Waals surface area (Å²) in [6.07, 6.45) is 2.14. The predicted molar refractivity (Wildman–Crippen MR) is 56.9 cm³/mol. The minimum absolute atomic E-state index is 0.0726. The molecule has 6 nitrogen and oxygen atoms in total. The molecule has 7 heteroatoms. The molecule has 0 saturated carbocycles. The Labute approximate surface area is 95.8 Å². The van der Waals surface area contributed by atoms with Crippen LogP contribution in [0.3, 0.4) is 0 Å². The molecule has 0 saturated heterocycles. The predicted octanol–water partition coefficient (Wildman–Crippen LogP) is 1.09. The highest BCUT2D eigenvalue weighted by molar-refractivity contribution is 7.46. The van der Waals surface area contributed by atoms with E-state index in [-0.39, 0.29) is 16.9 Å². The highest BCUT2D eigenvalue weighted by Gasteiger charge is 2.26. The minimum Gasteiger partial charge on any atom is -0.403 e. The van der Waals surface area contributed by atoms with Crippen molar-refractivity contribution in [2.75, 3.05) is 0 Å². The molecule has 1 aliphatic rings. The summed E-state index contributed by atoms with van der Waals surface area (Å²) in [6, 6.07) is 4.00. The zero-order valence-corrected chi connectivity index (χ0v) is 9.26. The number of allylic oxidation sites excluding steroid dienone is 2. The lowest BCUT2D eigenvalue weighted by atomic mass is 9.94. The van der Waals surface area contributed by atoms with Gasteiger partial charge in [-0.1, -0.05) is 12.1 Å². The number of phosphoric ester groups is 1. The third-order valence-electron chi connectivity index (χ3n) is 2.14. The Morgan fingerprint density at radius 1 is 1.06 bits per heavy atom. The molecule has 17 heavy (non-hydrogen) atoms. The lowest BCUT2D eigenvalue weighted by molar-refractivity contribution is 0.0992. The van der Waals surface area contributed by atoms with Gasteiger partial charge in [0.15, 0.2) is 11.6 Å². The van der Waals surface area contributed by atoms with Gasteiger partial charge in [-0.05, 0) is 18.2 Å². The number of carbonyl (C=O) groups is 2. The van der Waals surface area contributed by atoms with Crippen LogP contribution in [0.15, 0.2) is 30.4 Å². The van der Waals surface area contributed by atoms with Gasteiger partial charge < -0.3 is 4.52 Å². The Balaban J connectivity index is 2.58. The molecule has 0 spiro atoms. The second-order valence-corrected chi connectivity index (χ2v) is 4.49. The van der Waals surface area contributed by atoms with Crippen molar-refractivity contribution in [2.24, 2.45) is 0 Å². The van der Waals surface area contributed by atoms with Gasteiger partial charge >= 0.3 is 7.82 Å². The lowest BCUT2D eigenvalue weighted by Crippen LogP contribution is -2.13. The van der Waals surface area contributed by atoms with Gasteiger partial charge in [0.05, 0.1) is 5.56 Å². The van der Waals surface area contributed by atoms with E-state index < -0.39 is 19.4 Å². The molecule has 0 aliphatic heterocycles. The van der Waals surface area contributed by atoms with E-state index in [1.165, 1.54) is 18.2 Å². The number of phosphoric acid groups is 1. The molecule has 1 aromatic carbocycles. The molecule has 0 fully saturated rings. The fourth-order valence-electron chi connectivity index (χ4n) is 1.52. The Hall–Kier alpha value is -1.75. The van der Waals surface area contributed by atoms with E-state index in [0.717, 1.165) is 12.2 Å². The van der Waals surface area contributed by atoms with E-state index in [1.807, 2.05) is 0 Å². The minimum atomic E-state index is -4.77. The number of carbonyl (C=O) groups excluding carboxylic acids is 2. The summed E-state index contributed by atoms with van der Waals surface area (Å²) in [4.78, 5) is 40.4. The second-order valence-electron chi connectivity index (χ2n) is 3.32. The van der Waals surface area contributed by atoms with Gasteiger partial charge in [0, 0.05) is 5.56 Å². The van der Waals surface area contributed by atoms with Gasteiger partial charge in [0.25, 0.3) is 0 Å². The highest BCUT2D eigenvalue weighted by Crippen LogP contribution is 2.40. The van der Waals surface area contributed by atoms with Gasteiger partial charge in [-0.25, -0.2) is 4.57 Å². The molecule has 0 bridgehead atoms. The second kappa shape index (κ2) is 3.92. The fourth-order valence-corrected chi connectivity index (χ4v) is 1.93. The zero-order chi connectivity index (χ0) is 12.6. The average molecular weight is 254 g/mol. The first kappa shape index (κ1) is 11.7. The topological polar surface area (TPSA) is 101 Å². The molecule has 0 unspecified atom stereocenters. The first-order chi connectivity index (χ1) is 7.88. The van der Waals surface area contributed by atoms with Crippen molar-refractivity contribution in [2.45, 2.75) is 0 Å². The molecule has 0 heterocycles. The summed E-state index contributed by atoms with van der Waals surface area (Å²) in [5.74, 6) is -1.22. The van der Waals surface area contributed by atoms with Crippen molar-refractivity contribution >= 4 is 19.4 Å². The summed E-state index contributed by atoms with van der Waals surface area (Å²) < 4.78 is 15.1. The molecule has 0 aromatic heterocycles. The molecular formula is C10H7O6P. The largest absolute Gasteiger partial charge is 0.524 e. The molecule has 2 N–H and O–H groups in total. The van der Waals surface area contributed by atoms with E-state index in [9.17, 15) is 14.2 Å². The van der Waals surface area contributed by atoms with Gasteiger partial charge in [-0.2, -0.15) is 0 Å². The van der Waals surface area contributed by atoms with Crippen molar-refractivity contribution in [3.8, 4) is 5.75 Å². The van der Waals surface area contributed by atoms with Crippen LogP contribution in [-0.4, -0.2) is 21.4 Å². The molecule has 0 amide bonds. The maximum absolute atomic E-state index is 11.6. The van der Waals surface area contributed by atoms with Crippen molar-refractivity contribution in [1.29, 1.82) is 0 Å². The summed E-state index contributed by atoms with van der Waals surface area (Å²) in [6.45, 7) is 0. The number of benzene rings is 1. The SMILES string of the molecule is O=C1C=CC(=O)c2c(OP(=O)(O)O)cccc21. The number of rotatable bonds is 2. The van der Waals surface area contributed by atoms with Crippen molar-refractivity contribution in [3.05, 3.63) is 41.5 Å². The third-order valence-corrected chi connectivity index (χ3v) is 2.58. The maximum atomic E-state index is 11.6. The van der Waals surface area contributed by atoms with Crippen molar-refractivity contribution < 1.29 is 28.5 Å². The van der Waals surface area contributed by atoms with Gasteiger partial charge in [0.1, 0.15) is 5.75 Å². The molecule has 0 radical (unpaired) electrons. The lowest BCUT2D eigenvalue weighted by Gasteiger charge is -2.14. The van der Waals surface area contributed by atoms with Crippen LogP contribution in [0.5, 0.6) is 5.75 Å². The van der Waals surface area contributed by atoms with Crippen LogP contribution in [0.25, 0.3) is 0 Å². The normalized spacial score (nSPS) is 14.7. The quantitative estimate of drug-likeness (QED) is 0.766. The first-order valence-corrected chi connectivity index (χ1v) is 6.06. The van der Waals surface area contributed by atoms with Crippen LogP contribution in [0.1, 0.15) is 20.7 Å². The molecular weight excluding hydrogens is 247 g/mol. The summed E-state index contributed by atoms with van der Waals surface area (Å²) in [5, 5.41) is 0. The smallest absolute Gasteiger partial charge is 0.403 e. The molecule has 1 aromatic rings. The standard InChI is InChI=1S/C10H7O6P/c11-7-4-5-8(12)10-6(7)2-1-3-9(10)16-17(13,14)15/h1-5H,(H2,13,14,15). The molecule has 88 valence electrons. The first-order valence-electron chi connectivity index (χ1n) is 4.53. The van der Waals surface area contributed by atoms with Crippen LogP contribution in [-0.2, 0) is 4.57 Å². The number of hydrogen-bond acceptors (Lipinski definition) is 4. The van der Waals surface area contributed by atoms with Gasteiger partial charge in [-0.15, -0.1) is 0 Å². The zero-order valence-electron chi connectivity index (χ0n) is 8.36. The number of ketones is 2. The van der Waals surface area contributed by atoms with E-state index in [4.69, 9.17) is 9.79 Å². The Kier molecular flexibility index (Phi) is 2.71.